The number of thioether (sulfide) groups is 1. The van der Waals surface area contributed by atoms with E-state index in [0.717, 1.165) is 29.9 Å². The molecule has 0 aromatic carbocycles. The van der Waals surface area contributed by atoms with Crippen LogP contribution in [-0.2, 0) is 5.33 Å². The second-order valence-electron chi connectivity index (χ2n) is 4.19. The van der Waals surface area contributed by atoms with Crippen molar-refractivity contribution in [3.63, 3.8) is 0 Å². The molecule has 0 aliphatic carbocycles. The van der Waals surface area contributed by atoms with Gasteiger partial charge in [-0.3, -0.25) is 0 Å². The minimum Gasteiger partial charge on any atom is -0.339 e. The Hall–Kier alpha value is -0.290. The number of nitrogens with zero attached hydrogens (tertiary/aromatic N) is 3. The van der Waals surface area contributed by atoms with Crippen molar-refractivity contribution in [1.29, 1.82) is 0 Å². The van der Waals surface area contributed by atoms with E-state index >= 15 is 0 Å². The zero-order valence-corrected chi connectivity index (χ0v) is 12.0. The number of anilines is 1. The fourth-order valence-electron chi connectivity index (χ4n) is 1.92. The third-order valence-corrected chi connectivity index (χ3v) is 4.42. The van der Waals surface area contributed by atoms with Crippen LogP contribution in [-0.4, -0.2) is 33.6 Å². The van der Waals surface area contributed by atoms with Gasteiger partial charge in [0.1, 0.15) is 0 Å². The predicted molar refractivity (Wildman–Crippen MR) is 73.4 cm³/mol. The van der Waals surface area contributed by atoms with Crippen LogP contribution in [0, 0.1) is 0 Å². The van der Waals surface area contributed by atoms with Crippen LogP contribution in [0.3, 0.4) is 0 Å². The first-order valence-electron chi connectivity index (χ1n) is 5.46. The molecular formula is C11H16BrN3S. The molecule has 2 atom stereocenters. The molecular weight excluding hydrogens is 286 g/mol. The molecule has 1 aliphatic rings. The van der Waals surface area contributed by atoms with Crippen LogP contribution in [0.1, 0.15) is 19.4 Å². The Kier molecular flexibility index (Phi) is 4.08. The molecule has 0 bridgehead atoms. The topological polar surface area (TPSA) is 29.0 Å². The van der Waals surface area contributed by atoms with Gasteiger partial charge < -0.3 is 4.90 Å². The summed E-state index contributed by atoms with van der Waals surface area (Å²) in [5.41, 5.74) is 1.12. The van der Waals surface area contributed by atoms with Gasteiger partial charge in [0, 0.05) is 41.3 Å². The van der Waals surface area contributed by atoms with E-state index < -0.39 is 0 Å². The first-order chi connectivity index (χ1) is 7.69. The van der Waals surface area contributed by atoms with E-state index in [-0.39, 0.29) is 0 Å². The summed E-state index contributed by atoms with van der Waals surface area (Å²) < 4.78 is 0. The van der Waals surface area contributed by atoms with Crippen molar-refractivity contribution in [1.82, 2.24) is 9.97 Å². The van der Waals surface area contributed by atoms with E-state index in [0.29, 0.717) is 10.5 Å². The summed E-state index contributed by atoms with van der Waals surface area (Å²) in [6, 6.07) is 0. The van der Waals surface area contributed by atoms with Gasteiger partial charge in [0.2, 0.25) is 5.95 Å². The lowest BCUT2D eigenvalue weighted by Crippen LogP contribution is -2.41. The summed E-state index contributed by atoms with van der Waals surface area (Å²) in [5, 5.41) is 2.13. The highest BCUT2D eigenvalue weighted by atomic mass is 79.9. The number of rotatable bonds is 2. The zero-order chi connectivity index (χ0) is 11.5. The number of halogens is 1. The highest BCUT2D eigenvalue weighted by Crippen LogP contribution is 2.26. The second-order valence-corrected chi connectivity index (χ2v) is 6.63. The molecule has 1 aromatic heterocycles. The highest BCUT2D eigenvalue weighted by molar-refractivity contribution is 9.08. The average molecular weight is 302 g/mol. The number of aromatic nitrogens is 2. The van der Waals surface area contributed by atoms with Gasteiger partial charge in [-0.2, -0.15) is 11.8 Å². The van der Waals surface area contributed by atoms with Gasteiger partial charge in [-0.25, -0.2) is 9.97 Å². The van der Waals surface area contributed by atoms with Crippen LogP contribution in [0.15, 0.2) is 12.4 Å². The quantitative estimate of drug-likeness (QED) is 0.786. The molecule has 1 fully saturated rings. The average Bonchev–Trinajstić information content (AvgIpc) is 2.28. The number of hydrogen-bond donors (Lipinski definition) is 0. The standard InChI is InChI=1S/C11H16BrN3S/c1-8-6-15(7-9(2)16-8)11-13-4-10(3-12)5-14-11/h4-5,8-9H,3,6-7H2,1-2H3. The minimum absolute atomic E-state index is 0.656. The Morgan fingerprint density at radius 3 is 2.38 bits per heavy atom. The molecule has 1 saturated heterocycles. The third-order valence-electron chi connectivity index (χ3n) is 2.55. The van der Waals surface area contributed by atoms with Crippen molar-refractivity contribution >= 4 is 33.6 Å². The molecule has 3 nitrogen and oxygen atoms in total. The maximum Gasteiger partial charge on any atom is 0.225 e. The lowest BCUT2D eigenvalue weighted by atomic mass is 10.3. The van der Waals surface area contributed by atoms with E-state index in [1.54, 1.807) is 0 Å². The monoisotopic (exact) mass is 301 g/mol. The Balaban J connectivity index is 2.10. The Labute approximate surface area is 109 Å². The summed E-state index contributed by atoms with van der Waals surface area (Å²) in [7, 11) is 0. The molecule has 16 heavy (non-hydrogen) atoms. The predicted octanol–water partition coefficient (Wildman–Crippen LogP) is 2.70. The summed E-state index contributed by atoms with van der Waals surface area (Å²) >= 11 is 5.44. The molecule has 88 valence electrons. The molecule has 2 heterocycles. The molecule has 2 rings (SSSR count). The molecule has 2 unspecified atom stereocenters. The Bertz CT molecular complexity index is 334. The summed E-state index contributed by atoms with van der Waals surface area (Å²) in [4.78, 5) is 11.1. The van der Waals surface area contributed by atoms with Gasteiger partial charge in [0.05, 0.1) is 0 Å². The van der Waals surface area contributed by atoms with Crippen molar-refractivity contribution in [3.8, 4) is 0 Å². The Morgan fingerprint density at radius 2 is 1.88 bits per heavy atom. The van der Waals surface area contributed by atoms with Crippen LogP contribution in [0.4, 0.5) is 5.95 Å². The SMILES string of the molecule is CC1CN(c2ncc(CBr)cn2)CC(C)S1. The smallest absolute Gasteiger partial charge is 0.225 e. The van der Waals surface area contributed by atoms with E-state index in [4.69, 9.17) is 0 Å². The maximum absolute atomic E-state index is 4.42. The third kappa shape index (κ3) is 2.88. The fraction of sp³-hybridized carbons (Fsp3) is 0.636. The number of hydrogen-bond acceptors (Lipinski definition) is 4. The molecule has 0 saturated carbocycles. The van der Waals surface area contributed by atoms with Crippen molar-refractivity contribution in [3.05, 3.63) is 18.0 Å². The van der Waals surface area contributed by atoms with Crippen molar-refractivity contribution < 1.29 is 0 Å². The van der Waals surface area contributed by atoms with Crippen LogP contribution in [0.25, 0.3) is 0 Å². The van der Waals surface area contributed by atoms with Crippen molar-refractivity contribution in [2.45, 2.75) is 29.7 Å². The molecule has 5 heteroatoms. The summed E-state index contributed by atoms with van der Waals surface area (Å²) in [6.07, 6.45) is 3.79. The lowest BCUT2D eigenvalue weighted by molar-refractivity contribution is 0.706. The normalized spacial score (nSPS) is 25.8. The second kappa shape index (κ2) is 5.36. The van der Waals surface area contributed by atoms with Crippen LogP contribution < -0.4 is 4.90 Å². The van der Waals surface area contributed by atoms with Crippen LogP contribution in [0.5, 0.6) is 0 Å². The summed E-state index contributed by atoms with van der Waals surface area (Å²) in [6.45, 7) is 6.62. The van der Waals surface area contributed by atoms with E-state index in [1.807, 2.05) is 24.2 Å². The van der Waals surface area contributed by atoms with Crippen LogP contribution >= 0.6 is 27.7 Å². The van der Waals surface area contributed by atoms with Gasteiger partial charge in [0.25, 0.3) is 0 Å². The van der Waals surface area contributed by atoms with E-state index in [1.165, 1.54) is 0 Å². The molecule has 0 spiro atoms. The minimum atomic E-state index is 0.656. The van der Waals surface area contributed by atoms with Crippen LogP contribution in [0.2, 0.25) is 0 Å². The first-order valence-corrected chi connectivity index (χ1v) is 7.52. The zero-order valence-electron chi connectivity index (χ0n) is 9.56. The van der Waals surface area contributed by atoms with Gasteiger partial charge in [-0.15, -0.1) is 0 Å². The number of alkyl halides is 1. The van der Waals surface area contributed by atoms with Gasteiger partial charge >= 0.3 is 0 Å². The molecule has 0 radical (unpaired) electrons. The largest absolute Gasteiger partial charge is 0.339 e. The Morgan fingerprint density at radius 1 is 1.31 bits per heavy atom. The lowest BCUT2D eigenvalue weighted by Gasteiger charge is -2.34. The molecule has 0 amide bonds. The van der Waals surface area contributed by atoms with Gasteiger partial charge in [-0.1, -0.05) is 29.8 Å². The van der Waals surface area contributed by atoms with Crippen molar-refractivity contribution in [2.24, 2.45) is 0 Å². The van der Waals surface area contributed by atoms with E-state index in [2.05, 4.69) is 44.6 Å². The van der Waals surface area contributed by atoms with Crippen molar-refractivity contribution in [2.75, 3.05) is 18.0 Å². The van der Waals surface area contributed by atoms with E-state index in [9.17, 15) is 0 Å². The van der Waals surface area contributed by atoms with Gasteiger partial charge in [-0.05, 0) is 5.56 Å². The first kappa shape index (κ1) is 12.2. The maximum atomic E-state index is 4.42. The highest BCUT2D eigenvalue weighted by Gasteiger charge is 2.23. The molecule has 1 aliphatic heterocycles. The van der Waals surface area contributed by atoms with Gasteiger partial charge in [0.15, 0.2) is 0 Å². The fourth-order valence-corrected chi connectivity index (χ4v) is 3.54. The summed E-state index contributed by atoms with van der Waals surface area (Å²) in [5.74, 6) is 0.865. The molecule has 0 N–H and O–H groups in total. The molecule has 1 aromatic rings.